The van der Waals surface area contributed by atoms with Crippen LogP contribution in [0.1, 0.15) is 23.5 Å². The summed E-state index contributed by atoms with van der Waals surface area (Å²) in [6.07, 6.45) is 0.755. The number of ether oxygens (including phenoxy) is 1. The molecule has 1 heterocycles. The van der Waals surface area contributed by atoms with Crippen LogP contribution >= 0.6 is 0 Å². The molecule has 0 aromatic heterocycles. The first-order valence-corrected chi connectivity index (χ1v) is 9.77. The molecule has 3 atom stereocenters. The highest BCUT2D eigenvalue weighted by Crippen LogP contribution is 2.43. The number of amides is 3. The first kappa shape index (κ1) is 17.6. The van der Waals surface area contributed by atoms with Crippen LogP contribution in [0.25, 0.3) is 10.8 Å². The average Bonchev–Trinajstić information content (AvgIpc) is 3.36. The molecule has 1 saturated carbocycles. The molecule has 1 aliphatic carbocycles. The summed E-state index contributed by atoms with van der Waals surface area (Å²) in [5, 5.41) is 5.34. The minimum Gasteiger partial charge on any atom is -0.480 e. The van der Waals surface area contributed by atoms with E-state index in [0.29, 0.717) is 12.2 Å². The first-order valence-electron chi connectivity index (χ1n) is 9.77. The molecule has 2 aliphatic rings. The van der Waals surface area contributed by atoms with Crippen LogP contribution in [0.4, 0.5) is 4.79 Å². The van der Waals surface area contributed by atoms with Gasteiger partial charge in [-0.25, -0.2) is 10.2 Å². The Kier molecular flexibility index (Phi) is 4.31. The largest absolute Gasteiger partial charge is 0.480 e. The third kappa shape index (κ3) is 3.49. The quantitative estimate of drug-likeness (QED) is 0.605. The monoisotopic (exact) mass is 387 g/mol. The minimum absolute atomic E-state index is 0.0599. The number of benzene rings is 3. The predicted octanol–water partition coefficient (Wildman–Crippen LogP) is 3.03. The summed E-state index contributed by atoms with van der Waals surface area (Å²) < 4.78 is 5.63. The van der Waals surface area contributed by atoms with Crippen molar-refractivity contribution < 1.29 is 14.3 Å². The molecule has 3 N–H and O–H groups in total. The summed E-state index contributed by atoms with van der Waals surface area (Å²) in [5.41, 5.74) is 7.13. The van der Waals surface area contributed by atoms with Crippen LogP contribution in [-0.4, -0.2) is 24.1 Å². The van der Waals surface area contributed by atoms with Crippen molar-refractivity contribution in [1.29, 1.82) is 0 Å². The van der Waals surface area contributed by atoms with E-state index in [0.717, 1.165) is 12.0 Å². The first-order chi connectivity index (χ1) is 14.2. The number of fused-ring (bicyclic) bond motifs is 2. The van der Waals surface area contributed by atoms with E-state index in [9.17, 15) is 9.59 Å². The smallest absolute Gasteiger partial charge is 0.333 e. The van der Waals surface area contributed by atoms with Crippen molar-refractivity contribution >= 4 is 22.7 Å². The molecule has 3 amide bonds. The lowest BCUT2D eigenvalue weighted by Gasteiger charge is -2.13. The second-order valence-corrected chi connectivity index (χ2v) is 7.52. The molecule has 0 radical (unpaired) electrons. The molecular weight excluding hydrogens is 366 g/mol. The molecule has 29 heavy (non-hydrogen) atoms. The van der Waals surface area contributed by atoms with Gasteiger partial charge in [-0.3, -0.25) is 10.2 Å². The van der Waals surface area contributed by atoms with Crippen molar-refractivity contribution in [2.75, 3.05) is 0 Å². The summed E-state index contributed by atoms with van der Waals surface area (Å²) in [5.74, 6) is 0.640. The van der Waals surface area contributed by atoms with Crippen molar-refractivity contribution in [3.05, 3.63) is 77.9 Å². The highest BCUT2D eigenvalue weighted by molar-refractivity contribution is 5.87. The van der Waals surface area contributed by atoms with E-state index in [1.807, 2.05) is 42.5 Å². The Balaban J connectivity index is 1.13. The maximum atomic E-state index is 12.3. The Morgan fingerprint density at radius 2 is 1.69 bits per heavy atom. The van der Waals surface area contributed by atoms with Gasteiger partial charge in [0.25, 0.3) is 5.91 Å². The highest BCUT2D eigenvalue weighted by atomic mass is 16.5. The Bertz CT molecular complexity index is 1070. The van der Waals surface area contributed by atoms with Gasteiger partial charge >= 0.3 is 6.03 Å². The topological polar surface area (TPSA) is 79.5 Å². The number of hydrogen-bond acceptors (Lipinski definition) is 3. The van der Waals surface area contributed by atoms with E-state index in [4.69, 9.17) is 4.74 Å². The SMILES string of the molecule is O=C(NNC(=O)C1Cc2ccccc2O1)N[C@@H]1C[C@H]1c1cccc2ccccc12. The number of hydrazine groups is 1. The third-order valence-electron chi connectivity index (χ3n) is 5.57. The molecule has 0 bridgehead atoms. The molecule has 0 spiro atoms. The number of urea groups is 1. The van der Waals surface area contributed by atoms with Gasteiger partial charge in [-0.15, -0.1) is 0 Å². The van der Waals surface area contributed by atoms with Gasteiger partial charge in [0.05, 0.1) is 0 Å². The number of hydrogen-bond donors (Lipinski definition) is 3. The zero-order valence-corrected chi connectivity index (χ0v) is 15.7. The summed E-state index contributed by atoms with van der Waals surface area (Å²) in [6.45, 7) is 0. The Morgan fingerprint density at radius 3 is 2.59 bits per heavy atom. The van der Waals surface area contributed by atoms with E-state index in [-0.39, 0.29) is 17.9 Å². The average molecular weight is 387 g/mol. The maximum absolute atomic E-state index is 12.3. The van der Waals surface area contributed by atoms with Crippen LogP contribution < -0.4 is 20.9 Å². The van der Waals surface area contributed by atoms with E-state index >= 15 is 0 Å². The summed E-state index contributed by atoms with van der Waals surface area (Å²) in [4.78, 5) is 24.5. The normalized spacial score (nSPS) is 21.7. The predicted molar refractivity (Wildman–Crippen MR) is 109 cm³/mol. The van der Waals surface area contributed by atoms with Crippen LogP contribution in [0.3, 0.4) is 0 Å². The van der Waals surface area contributed by atoms with Crippen molar-refractivity contribution in [1.82, 2.24) is 16.2 Å². The van der Waals surface area contributed by atoms with E-state index in [1.54, 1.807) is 0 Å². The zero-order chi connectivity index (χ0) is 19.8. The van der Waals surface area contributed by atoms with Crippen LogP contribution in [0.15, 0.2) is 66.7 Å². The van der Waals surface area contributed by atoms with Gasteiger partial charge in [0.1, 0.15) is 5.75 Å². The molecule has 3 aromatic rings. The van der Waals surface area contributed by atoms with Gasteiger partial charge in [-0.2, -0.15) is 0 Å². The number of nitrogens with one attached hydrogen (secondary N) is 3. The molecule has 146 valence electrons. The molecule has 5 rings (SSSR count). The number of para-hydroxylation sites is 1. The van der Waals surface area contributed by atoms with Crippen LogP contribution in [0.2, 0.25) is 0 Å². The van der Waals surface area contributed by atoms with Gasteiger partial charge in [0, 0.05) is 18.4 Å². The van der Waals surface area contributed by atoms with Gasteiger partial charge in [-0.1, -0.05) is 60.7 Å². The second-order valence-electron chi connectivity index (χ2n) is 7.52. The summed E-state index contributed by atoms with van der Waals surface area (Å²) in [6, 6.07) is 21.7. The van der Waals surface area contributed by atoms with Gasteiger partial charge in [0.2, 0.25) is 0 Å². The molecule has 1 unspecified atom stereocenters. The third-order valence-corrected chi connectivity index (χ3v) is 5.57. The Hall–Kier alpha value is -3.54. The summed E-state index contributed by atoms with van der Waals surface area (Å²) >= 11 is 0. The lowest BCUT2D eigenvalue weighted by atomic mass is 10.0. The Morgan fingerprint density at radius 1 is 0.897 bits per heavy atom. The fraction of sp³-hybridized carbons (Fsp3) is 0.217. The molecular formula is C23H21N3O3. The molecule has 1 aliphatic heterocycles. The van der Waals surface area contributed by atoms with Crippen LogP contribution in [0, 0.1) is 0 Å². The lowest BCUT2D eigenvalue weighted by Crippen LogP contribution is -2.51. The zero-order valence-electron chi connectivity index (χ0n) is 15.7. The highest BCUT2D eigenvalue weighted by Gasteiger charge is 2.40. The van der Waals surface area contributed by atoms with Gasteiger partial charge < -0.3 is 10.1 Å². The van der Waals surface area contributed by atoms with Crippen molar-refractivity contribution in [2.45, 2.75) is 30.9 Å². The van der Waals surface area contributed by atoms with Crippen molar-refractivity contribution in [3.63, 3.8) is 0 Å². The number of carbonyl (C=O) groups excluding carboxylic acids is 2. The maximum Gasteiger partial charge on any atom is 0.333 e. The number of rotatable bonds is 3. The minimum atomic E-state index is -0.628. The standard InChI is InChI=1S/C23H21N3O3/c27-22(21-12-15-7-2-4-11-20(15)29-21)25-26-23(28)24-19-13-18(19)17-10-5-8-14-6-1-3-9-16(14)17/h1-11,18-19,21H,12-13H2,(H,25,27)(H2,24,26,28)/t18-,19+,21?/m0/s1. The van der Waals surface area contributed by atoms with E-state index in [2.05, 4.69) is 40.4 Å². The lowest BCUT2D eigenvalue weighted by molar-refractivity contribution is -0.127. The molecule has 1 fully saturated rings. The fourth-order valence-electron chi connectivity index (χ4n) is 4.00. The van der Waals surface area contributed by atoms with Gasteiger partial charge in [-0.05, 0) is 34.4 Å². The van der Waals surface area contributed by atoms with Crippen molar-refractivity contribution in [2.24, 2.45) is 0 Å². The van der Waals surface area contributed by atoms with Crippen LogP contribution in [-0.2, 0) is 11.2 Å². The van der Waals surface area contributed by atoms with E-state index in [1.165, 1.54) is 16.3 Å². The number of carbonyl (C=O) groups is 2. The van der Waals surface area contributed by atoms with Crippen molar-refractivity contribution in [3.8, 4) is 5.75 Å². The van der Waals surface area contributed by atoms with Crippen LogP contribution in [0.5, 0.6) is 5.75 Å². The molecule has 6 heteroatoms. The fourth-order valence-corrected chi connectivity index (χ4v) is 4.00. The Labute approximate surface area is 168 Å². The molecule has 3 aromatic carbocycles. The summed E-state index contributed by atoms with van der Waals surface area (Å²) in [7, 11) is 0. The molecule has 6 nitrogen and oxygen atoms in total. The van der Waals surface area contributed by atoms with E-state index < -0.39 is 12.1 Å². The second kappa shape index (κ2) is 7.13. The molecule has 0 saturated heterocycles. The van der Waals surface area contributed by atoms with Gasteiger partial charge in [0.15, 0.2) is 6.10 Å².